The van der Waals surface area contributed by atoms with E-state index < -0.39 is 0 Å². The molecule has 12 heavy (non-hydrogen) atoms. The number of nitrogens with one attached hydrogen (secondary N) is 2. The Labute approximate surface area is 78.7 Å². The first kappa shape index (κ1) is 11.8. The van der Waals surface area contributed by atoms with Crippen LogP contribution < -0.4 is 10.6 Å². The van der Waals surface area contributed by atoms with Gasteiger partial charge in [-0.3, -0.25) is 4.79 Å². The first-order valence-corrected chi connectivity index (χ1v) is 5.55. The Morgan fingerprint density at radius 2 is 2.25 bits per heavy atom. The highest BCUT2D eigenvalue weighted by Crippen LogP contribution is 1.93. The molecule has 0 saturated heterocycles. The van der Waals surface area contributed by atoms with Gasteiger partial charge in [0.1, 0.15) is 0 Å². The van der Waals surface area contributed by atoms with Gasteiger partial charge >= 0.3 is 0 Å². The first-order chi connectivity index (χ1) is 5.72. The van der Waals surface area contributed by atoms with E-state index in [4.69, 9.17) is 0 Å². The monoisotopic (exact) mass is 190 g/mol. The van der Waals surface area contributed by atoms with Crippen molar-refractivity contribution in [1.29, 1.82) is 0 Å². The van der Waals surface area contributed by atoms with Crippen LogP contribution in [-0.2, 0) is 4.79 Å². The van der Waals surface area contributed by atoms with Gasteiger partial charge in [0.05, 0.1) is 6.04 Å². The minimum atomic E-state index is -0.0840. The van der Waals surface area contributed by atoms with E-state index in [1.807, 2.05) is 6.92 Å². The Bertz CT molecular complexity index is 130. The second-order valence-corrected chi connectivity index (χ2v) is 3.63. The molecule has 0 aliphatic heterocycles. The van der Waals surface area contributed by atoms with Crippen LogP contribution in [0.1, 0.15) is 13.3 Å². The number of amides is 1. The van der Waals surface area contributed by atoms with Crippen LogP contribution in [0.4, 0.5) is 0 Å². The molecule has 0 aliphatic carbocycles. The lowest BCUT2D eigenvalue weighted by molar-refractivity contribution is -0.122. The molecule has 1 amide bonds. The molecule has 0 aromatic heterocycles. The average molecular weight is 190 g/mol. The summed E-state index contributed by atoms with van der Waals surface area (Å²) in [6.07, 6.45) is 3.11. The smallest absolute Gasteiger partial charge is 0.236 e. The van der Waals surface area contributed by atoms with Gasteiger partial charge in [-0.1, -0.05) is 0 Å². The third-order valence-corrected chi connectivity index (χ3v) is 2.35. The predicted molar refractivity (Wildman–Crippen MR) is 54.5 cm³/mol. The van der Waals surface area contributed by atoms with Crippen molar-refractivity contribution in [3.8, 4) is 0 Å². The Morgan fingerprint density at radius 1 is 1.58 bits per heavy atom. The number of likely N-dealkylation sites (N-methyl/N-ethyl adjacent to an activating group) is 1. The van der Waals surface area contributed by atoms with E-state index >= 15 is 0 Å². The van der Waals surface area contributed by atoms with Crippen molar-refractivity contribution in [2.24, 2.45) is 0 Å². The standard InChI is InChI=1S/C8H18N2OS/c1-7(9-2)8(11)10-5-4-6-12-3/h7,9H,4-6H2,1-3H3,(H,10,11). The fourth-order valence-electron chi connectivity index (χ4n) is 0.712. The lowest BCUT2D eigenvalue weighted by Crippen LogP contribution is -2.40. The zero-order valence-electron chi connectivity index (χ0n) is 8.02. The molecular formula is C8H18N2OS. The molecule has 0 radical (unpaired) electrons. The van der Waals surface area contributed by atoms with Gasteiger partial charge in [0.2, 0.25) is 5.91 Å². The van der Waals surface area contributed by atoms with Crippen LogP contribution in [0.25, 0.3) is 0 Å². The van der Waals surface area contributed by atoms with Crippen molar-refractivity contribution in [3.05, 3.63) is 0 Å². The number of rotatable bonds is 6. The van der Waals surface area contributed by atoms with Gasteiger partial charge in [-0.25, -0.2) is 0 Å². The zero-order valence-corrected chi connectivity index (χ0v) is 8.83. The van der Waals surface area contributed by atoms with Gasteiger partial charge in [-0.2, -0.15) is 11.8 Å². The molecule has 0 bridgehead atoms. The summed E-state index contributed by atoms with van der Waals surface area (Å²) in [5.41, 5.74) is 0. The van der Waals surface area contributed by atoms with E-state index in [1.54, 1.807) is 18.8 Å². The lowest BCUT2D eigenvalue weighted by Gasteiger charge is -2.10. The van der Waals surface area contributed by atoms with Crippen molar-refractivity contribution in [3.63, 3.8) is 0 Å². The van der Waals surface area contributed by atoms with Crippen molar-refractivity contribution < 1.29 is 4.79 Å². The molecule has 0 saturated carbocycles. The van der Waals surface area contributed by atoms with E-state index in [-0.39, 0.29) is 11.9 Å². The number of thioether (sulfide) groups is 1. The van der Waals surface area contributed by atoms with Crippen LogP contribution in [0, 0.1) is 0 Å². The highest BCUT2D eigenvalue weighted by Gasteiger charge is 2.07. The number of hydrogen-bond acceptors (Lipinski definition) is 3. The van der Waals surface area contributed by atoms with Crippen molar-refractivity contribution >= 4 is 17.7 Å². The SMILES string of the molecule is CNC(C)C(=O)NCCCSC. The first-order valence-electron chi connectivity index (χ1n) is 4.16. The zero-order chi connectivity index (χ0) is 9.40. The molecule has 0 fully saturated rings. The van der Waals surface area contributed by atoms with Crippen LogP contribution >= 0.6 is 11.8 Å². The molecule has 0 aromatic rings. The number of carbonyl (C=O) groups is 1. The summed E-state index contributed by atoms with van der Waals surface area (Å²) in [5, 5.41) is 5.74. The summed E-state index contributed by atoms with van der Waals surface area (Å²) < 4.78 is 0. The van der Waals surface area contributed by atoms with Gasteiger partial charge < -0.3 is 10.6 Å². The maximum atomic E-state index is 11.2. The highest BCUT2D eigenvalue weighted by molar-refractivity contribution is 7.98. The van der Waals surface area contributed by atoms with Crippen LogP contribution in [0.3, 0.4) is 0 Å². The fraction of sp³-hybridized carbons (Fsp3) is 0.875. The van der Waals surface area contributed by atoms with Gasteiger partial charge in [0.15, 0.2) is 0 Å². The minimum Gasteiger partial charge on any atom is -0.355 e. The van der Waals surface area contributed by atoms with Crippen molar-refractivity contribution in [2.45, 2.75) is 19.4 Å². The van der Waals surface area contributed by atoms with E-state index in [1.165, 1.54) is 0 Å². The van der Waals surface area contributed by atoms with Crippen LogP contribution in [0.2, 0.25) is 0 Å². The van der Waals surface area contributed by atoms with Gasteiger partial charge in [-0.05, 0) is 32.4 Å². The predicted octanol–water partition coefficient (Wildman–Crippen LogP) is 0.464. The summed E-state index contributed by atoms with van der Waals surface area (Å²) in [7, 11) is 1.78. The molecule has 2 N–H and O–H groups in total. The Kier molecular flexibility index (Phi) is 7.29. The Balaban J connectivity index is 3.31. The number of carbonyl (C=O) groups excluding carboxylic acids is 1. The topological polar surface area (TPSA) is 41.1 Å². The summed E-state index contributed by atoms with van der Waals surface area (Å²) in [4.78, 5) is 11.2. The van der Waals surface area contributed by atoms with Gasteiger partial charge in [0.25, 0.3) is 0 Å². The third-order valence-electron chi connectivity index (χ3n) is 1.65. The van der Waals surface area contributed by atoms with Gasteiger partial charge in [0, 0.05) is 6.54 Å². The second-order valence-electron chi connectivity index (χ2n) is 2.65. The molecule has 4 heteroatoms. The van der Waals surface area contributed by atoms with E-state index in [9.17, 15) is 4.79 Å². The molecule has 0 heterocycles. The van der Waals surface area contributed by atoms with Crippen molar-refractivity contribution in [2.75, 3.05) is 25.6 Å². The minimum absolute atomic E-state index is 0.0820. The van der Waals surface area contributed by atoms with E-state index in [2.05, 4.69) is 16.9 Å². The summed E-state index contributed by atoms with van der Waals surface area (Å²) in [5.74, 6) is 1.19. The maximum absolute atomic E-state index is 11.2. The van der Waals surface area contributed by atoms with Crippen LogP contribution in [0.15, 0.2) is 0 Å². The maximum Gasteiger partial charge on any atom is 0.236 e. The molecule has 0 aliphatic rings. The lowest BCUT2D eigenvalue weighted by atomic mass is 10.3. The van der Waals surface area contributed by atoms with Crippen molar-refractivity contribution in [1.82, 2.24) is 10.6 Å². The summed E-state index contributed by atoms with van der Waals surface area (Å²) in [6.45, 7) is 2.63. The van der Waals surface area contributed by atoms with Crippen LogP contribution in [0.5, 0.6) is 0 Å². The molecule has 0 rings (SSSR count). The van der Waals surface area contributed by atoms with Crippen LogP contribution in [-0.4, -0.2) is 37.6 Å². The number of hydrogen-bond donors (Lipinski definition) is 2. The second kappa shape index (κ2) is 7.43. The molecule has 0 aromatic carbocycles. The van der Waals surface area contributed by atoms with E-state index in [0.717, 1.165) is 18.7 Å². The molecule has 1 unspecified atom stereocenters. The average Bonchev–Trinajstić information content (AvgIpc) is 2.10. The normalized spacial score (nSPS) is 12.6. The summed E-state index contributed by atoms with van der Waals surface area (Å²) >= 11 is 1.80. The summed E-state index contributed by atoms with van der Waals surface area (Å²) in [6, 6.07) is -0.0840. The fourth-order valence-corrected chi connectivity index (χ4v) is 1.15. The third kappa shape index (κ3) is 5.43. The molecule has 0 spiro atoms. The molecular weight excluding hydrogens is 172 g/mol. The Morgan fingerprint density at radius 3 is 2.75 bits per heavy atom. The quantitative estimate of drug-likeness (QED) is 0.598. The Hall–Kier alpha value is -0.220. The highest BCUT2D eigenvalue weighted by atomic mass is 32.2. The molecule has 3 nitrogen and oxygen atoms in total. The largest absolute Gasteiger partial charge is 0.355 e. The molecule has 1 atom stereocenters. The van der Waals surface area contributed by atoms with E-state index in [0.29, 0.717) is 0 Å². The van der Waals surface area contributed by atoms with Gasteiger partial charge in [-0.15, -0.1) is 0 Å². The molecule has 72 valence electrons.